The van der Waals surface area contributed by atoms with Crippen LogP contribution in [0.15, 0.2) is 24.5 Å². The standard InChI is InChI=1S/C11H19N3/c1-10(12)9-14(2)8-5-11-3-6-13-7-4-11/h3-4,6-7,10H,5,8-9,12H2,1-2H3/t10-/m0/s1. The van der Waals surface area contributed by atoms with Crippen LogP contribution in [0.3, 0.4) is 0 Å². The van der Waals surface area contributed by atoms with Crippen LogP contribution in [0.4, 0.5) is 0 Å². The first-order chi connectivity index (χ1) is 6.68. The van der Waals surface area contributed by atoms with E-state index in [2.05, 4.69) is 29.1 Å². The van der Waals surface area contributed by atoms with E-state index in [-0.39, 0.29) is 6.04 Å². The lowest BCUT2D eigenvalue weighted by atomic mass is 10.2. The molecule has 2 N–H and O–H groups in total. The van der Waals surface area contributed by atoms with Crippen molar-refractivity contribution < 1.29 is 0 Å². The van der Waals surface area contributed by atoms with Crippen molar-refractivity contribution in [2.75, 3.05) is 20.1 Å². The maximum absolute atomic E-state index is 5.71. The van der Waals surface area contributed by atoms with E-state index < -0.39 is 0 Å². The number of hydrogen-bond acceptors (Lipinski definition) is 3. The Labute approximate surface area is 85.9 Å². The predicted octanol–water partition coefficient (Wildman–Crippen LogP) is 0.903. The maximum Gasteiger partial charge on any atom is 0.0270 e. The molecule has 0 aromatic carbocycles. The van der Waals surface area contributed by atoms with Crippen LogP contribution in [0, 0.1) is 0 Å². The van der Waals surface area contributed by atoms with Crippen molar-refractivity contribution in [3.05, 3.63) is 30.1 Å². The van der Waals surface area contributed by atoms with Gasteiger partial charge in [0.1, 0.15) is 0 Å². The lowest BCUT2D eigenvalue weighted by Crippen LogP contribution is -2.34. The molecular weight excluding hydrogens is 174 g/mol. The van der Waals surface area contributed by atoms with E-state index in [4.69, 9.17) is 5.73 Å². The van der Waals surface area contributed by atoms with E-state index in [0.29, 0.717) is 0 Å². The van der Waals surface area contributed by atoms with Crippen LogP contribution in [0.1, 0.15) is 12.5 Å². The minimum atomic E-state index is 0.248. The topological polar surface area (TPSA) is 42.1 Å². The van der Waals surface area contributed by atoms with Crippen molar-refractivity contribution in [1.82, 2.24) is 9.88 Å². The number of likely N-dealkylation sites (N-methyl/N-ethyl adjacent to an activating group) is 1. The summed E-state index contributed by atoms with van der Waals surface area (Å²) in [6, 6.07) is 4.36. The summed E-state index contributed by atoms with van der Waals surface area (Å²) in [5.74, 6) is 0. The Morgan fingerprint density at radius 3 is 2.64 bits per heavy atom. The third kappa shape index (κ3) is 4.35. The molecule has 0 saturated heterocycles. The summed E-state index contributed by atoms with van der Waals surface area (Å²) in [7, 11) is 2.10. The number of nitrogens with two attached hydrogens (primary N) is 1. The molecule has 0 fully saturated rings. The molecule has 0 aliphatic rings. The van der Waals surface area contributed by atoms with Gasteiger partial charge in [-0.05, 0) is 38.1 Å². The Balaban J connectivity index is 2.27. The zero-order valence-electron chi connectivity index (χ0n) is 8.98. The normalized spacial score (nSPS) is 13.1. The second-order valence-corrected chi connectivity index (χ2v) is 3.84. The average molecular weight is 193 g/mol. The fourth-order valence-corrected chi connectivity index (χ4v) is 1.45. The molecule has 0 radical (unpaired) electrons. The molecule has 1 atom stereocenters. The van der Waals surface area contributed by atoms with Crippen LogP contribution in [0.25, 0.3) is 0 Å². The summed E-state index contributed by atoms with van der Waals surface area (Å²) < 4.78 is 0. The molecule has 0 aliphatic carbocycles. The first kappa shape index (κ1) is 11.1. The number of hydrogen-bond donors (Lipinski definition) is 1. The fraction of sp³-hybridized carbons (Fsp3) is 0.545. The van der Waals surface area contributed by atoms with Crippen LogP contribution in [-0.2, 0) is 6.42 Å². The van der Waals surface area contributed by atoms with Crippen molar-refractivity contribution in [3.63, 3.8) is 0 Å². The largest absolute Gasteiger partial charge is 0.327 e. The molecule has 1 rings (SSSR count). The summed E-state index contributed by atoms with van der Waals surface area (Å²) in [6.45, 7) is 4.03. The summed E-state index contributed by atoms with van der Waals surface area (Å²) in [4.78, 5) is 6.24. The van der Waals surface area contributed by atoms with Gasteiger partial charge in [-0.25, -0.2) is 0 Å². The molecule has 0 spiro atoms. The van der Waals surface area contributed by atoms with Gasteiger partial charge in [-0.2, -0.15) is 0 Å². The molecule has 14 heavy (non-hydrogen) atoms. The molecule has 1 aromatic rings. The Morgan fingerprint density at radius 1 is 1.43 bits per heavy atom. The summed E-state index contributed by atoms with van der Waals surface area (Å²) in [5.41, 5.74) is 7.04. The molecule has 3 nitrogen and oxygen atoms in total. The zero-order valence-corrected chi connectivity index (χ0v) is 8.98. The van der Waals surface area contributed by atoms with E-state index >= 15 is 0 Å². The molecule has 0 unspecified atom stereocenters. The van der Waals surface area contributed by atoms with E-state index in [1.165, 1.54) is 5.56 Å². The van der Waals surface area contributed by atoms with E-state index in [9.17, 15) is 0 Å². The highest BCUT2D eigenvalue weighted by molar-refractivity contribution is 5.09. The van der Waals surface area contributed by atoms with Gasteiger partial charge in [-0.15, -0.1) is 0 Å². The number of rotatable bonds is 5. The monoisotopic (exact) mass is 193 g/mol. The van der Waals surface area contributed by atoms with Crippen LogP contribution < -0.4 is 5.73 Å². The Hall–Kier alpha value is -0.930. The highest BCUT2D eigenvalue weighted by Gasteiger charge is 2.01. The van der Waals surface area contributed by atoms with E-state index in [0.717, 1.165) is 19.5 Å². The van der Waals surface area contributed by atoms with Crippen LogP contribution in [0.2, 0.25) is 0 Å². The van der Waals surface area contributed by atoms with Gasteiger partial charge >= 0.3 is 0 Å². The van der Waals surface area contributed by atoms with Crippen molar-refractivity contribution in [2.24, 2.45) is 5.73 Å². The maximum atomic E-state index is 5.71. The first-order valence-corrected chi connectivity index (χ1v) is 5.01. The second-order valence-electron chi connectivity index (χ2n) is 3.84. The van der Waals surface area contributed by atoms with Crippen molar-refractivity contribution in [2.45, 2.75) is 19.4 Å². The Morgan fingerprint density at radius 2 is 2.07 bits per heavy atom. The number of nitrogens with zero attached hydrogens (tertiary/aromatic N) is 2. The lowest BCUT2D eigenvalue weighted by Gasteiger charge is -2.18. The summed E-state index contributed by atoms with van der Waals surface area (Å²) in [5, 5.41) is 0. The van der Waals surface area contributed by atoms with Gasteiger partial charge in [0.15, 0.2) is 0 Å². The highest BCUT2D eigenvalue weighted by atomic mass is 15.1. The minimum absolute atomic E-state index is 0.248. The van der Waals surface area contributed by atoms with Gasteiger partial charge in [-0.1, -0.05) is 0 Å². The van der Waals surface area contributed by atoms with Crippen LogP contribution >= 0.6 is 0 Å². The SMILES string of the molecule is C[C@H](N)CN(C)CCc1ccncc1. The quantitative estimate of drug-likeness (QED) is 0.755. The minimum Gasteiger partial charge on any atom is -0.327 e. The molecule has 3 heteroatoms. The Bertz CT molecular complexity index is 246. The average Bonchev–Trinajstić information content (AvgIpc) is 2.15. The molecule has 0 bridgehead atoms. The van der Waals surface area contributed by atoms with Crippen molar-refractivity contribution in [1.29, 1.82) is 0 Å². The lowest BCUT2D eigenvalue weighted by molar-refractivity contribution is 0.321. The molecule has 0 amide bonds. The zero-order chi connectivity index (χ0) is 10.4. The molecule has 1 aromatic heterocycles. The first-order valence-electron chi connectivity index (χ1n) is 5.01. The van der Waals surface area contributed by atoms with Gasteiger partial charge < -0.3 is 10.6 Å². The third-order valence-electron chi connectivity index (χ3n) is 2.13. The van der Waals surface area contributed by atoms with Crippen LogP contribution in [-0.4, -0.2) is 36.1 Å². The van der Waals surface area contributed by atoms with Gasteiger partial charge in [0.05, 0.1) is 0 Å². The van der Waals surface area contributed by atoms with Gasteiger partial charge in [0.25, 0.3) is 0 Å². The molecule has 78 valence electrons. The van der Waals surface area contributed by atoms with Crippen molar-refractivity contribution in [3.8, 4) is 0 Å². The molecule has 0 aliphatic heterocycles. The van der Waals surface area contributed by atoms with E-state index in [1.807, 2.05) is 19.3 Å². The number of aromatic nitrogens is 1. The summed E-state index contributed by atoms with van der Waals surface area (Å²) in [6.07, 6.45) is 4.73. The van der Waals surface area contributed by atoms with Gasteiger partial charge in [-0.3, -0.25) is 4.98 Å². The Kier molecular flexibility index (Phi) is 4.56. The second kappa shape index (κ2) is 5.73. The van der Waals surface area contributed by atoms with Gasteiger partial charge in [0.2, 0.25) is 0 Å². The highest BCUT2D eigenvalue weighted by Crippen LogP contribution is 1.98. The predicted molar refractivity (Wildman–Crippen MR) is 59.1 cm³/mol. The molecular formula is C11H19N3. The van der Waals surface area contributed by atoms with Gasteiger partial charge in [0, 0.05) is 31.5 Å². The summed E-state index contributed by atoms with van der Waals surface area (Å²) >= 11 is 0. The van der Waals surface area contributed by atoms with Crippen LogP contribution in [0.5, 0.6) is 0 Å². The number of pyridine rings is 1. The third-order valence-corrected chi connectivity index (χ3v) is 2.13. The molecule has 0 saturated carbocycles. The smallest absolute Gasteiger partial charge is 0.0270 e. The van der Waals surface area contributed by atoms with Crippen molar-refractivity contribution >= 4 is 0 Å². The fourth-order valence-electron chi connectivity index (χ4n) is 1.45. The van der Waals surface area contributed by atoms with E-state index in [1.54, 1.807) is 0 Å². The molecule has 1 heterocycles.